The summed E-state index contributed by atoms with van der Waals surface area (Å²) in [5.41, 5.74) is 1.43. The van der Waals surface area contributed by atoms with Gasteiger partial charge in [0, 0.05) is 11.8 Å². The van der Waals surface area contributed by atoms with Crippen molar-refractivity contribution in [3.05, 3.63) is 29.6 Å². The molecule has 1 aromatic rings. The van der Waals surface area contributed by atoms with E-state index in [1.807, 2.05) is 19.1 Å². The van der Waals surface area contributed by atoms with E-state index in [-0.39, 0.29) is 6.10 Å². The van der Waals surface area contributed by atoms with Crippen LogP contribution in [0.25, 0.3) is 6.08 Å². The van der Waals surface area contributed by atoms with E-state index in [2.05, 4.69) is 18.8 Å². The third-order valence-corrected chi connectivity index (χ3v) is 3.84. The molecule has 1 fully saturated rings. The number of aromatic nitrogens is 1. The van der Waals surface area contributed by atoms with Crippen LogP contribution in [0, 0.1) is 18.8 Å². The highest BCUT2D eigenvalue weighted by Gasteiger charge is 2.25. The Morgan fingerprint density at radius 3 is 2.57 bits per heavy atom. The molecule has 4 heteroatoms. The summed E-state index contributed by atoms with van der Waals surface area (Å²) >= 11 is 0. The maximum atomic E-state index is 10.7. The lowest BCUT2D eigenvalue weighted by Crippen LogP contribution is -2.28. The van der Waals surface area contributed by atoms with Crippen LogP contribution in [0.1, 0.15) is 44.5 Å². The van der Waals surface area contributed by atoms with E-state index in [1.165, 1.54) is 12.5 Å². The molecule has 2 atom stereocenters. The number of aryl methyl sites for hydroxylation is 1. The minimum Gasteiger partial charge on any atom is -0.488 e. The first-order valence-electron chi connectivity index (χ1n) is 7.49. The number of pyridine rings is 1. The van der Waals surface area contributed by atoms with Crippen LogP contribution < -0.4 is 4.74 Å². The van der Waals surface area contributed by atoms with Gasteiger partial charge in [-0.2, -0.15) is 0 Å². The summed E-state index contributed by atoms with van der Waals surface area (Å²) in [5.74, 6) is 1.01. The number of carboxylic acid groups (broad SMARTS) is 1. The summed E-state index contributed by atoms with van der Waals surface area (Å²) in [4.78, 5) is 15.1. The van der Waals surface area contributed by atoms with E-state index in [0.29, 0.717) is 23.3 Å². The average Bonchev–Trinajstić information content (AvgIpc) is 2.37. The Balaban J connectivity index is 2.17. The predicted octanol–water partition coefficient (Wildman–Crippen LogP) is 3.69. The summed E-state index contributed by atoms with van der Waals surface area (Å²) in [5, 5.41) is 8.77. The lowest BCUT2D eigenvalue weighted by molar-refractivity contribution is -0.131. The Morgan fingerprint density at radius 1 is 1.29 bits per heavy atom. The van der Waals surface area contributed by atoms with Gasteiger partial charge in [-0.05, 0) is 56.2 Å². The number of hydrogen-bond acceptors (Lipinski definition) is 3. The molecule has 2 unspecified atom stereocenters. The van der Waals surface area contributed by atoms with Crippen molar-refractivity contribution in [2.75, 3.05) is 0 Å². The van der Waals surface area contributed by atoms with E-state index in [9.17, 15) is 4.79 Å². The number of carbonyl (C=O) groups is 1. The van der Waals surface area contributed by atoms with E-state index in [4.69, 9.17) is 9.84 Å². The fourth-order valence-electron chi connectivity index (χ4n) is 3.08. The first kappa shape index (κ1) is 15.5. The van der Waals surface area contributed by atoms with Crippen molar-refractivity contribution >= 4 is 12.0 Å². The summed E-state index contributed by atoms with van der Waals surface area (Å²) in [6.45, 7) is 6.39. The molecule has 1 heterocycles. The molecule has 0 amide bonds. The molecule has 1 saturated carbocycles. The number of aliphatic carboxylic acids is 1. The fourth-order valence-corrected chi connectivity index (χ4v) is 3.08. The van der Waals surface area contributed by atoms with Crippen molar-refractivity contribution < 1.29 is 14.6 Å². The summed E-state index contributed by atoms with van der Waals surface area (Å²) in [6.07, 6.45) is 6.12. The Hall–Kier alpha value is -1.84. The maximum absolute atomic E-state index is 10.7. The Labute approximate surface area is 125 Å². The molecule has 21 heavy (non-hydrogen) atoms. The number of hydrogen-bond donors (Lipinski definition) is 1. The monoisotopic (exact) mass is 289 g/mol. The second-order valence-corrected chi connectivity index (χ2v) is 6.16. The van der Waals surface area contributed by atoms with Gasteiger partial charge in [-0.1, -0.05) is 13.8 Å². The molecule has 1 aliphatic carbocycles. The molecule has 0 saturated heterocycles. The van der Waals surface area contributed by atoms with Gasteiger partial charge in [0.05, 0.1) is 6.10 Å². The Bertz CT molecular complexity index is 529. The molecule has 114 valence electrons. The van der Waals surface area contributed by atoms with Gasteiger partial charge < -0.3 is 9.84 Å². The number of ether oxygens (including phenoxy) is 1. The van der Waals surface area contributed by atoms with Crippen molar-refractivity contribution in [1.82, 2.24) is 4.98 Å². The van der Waals surface area contributed by atoms with Gasteiger partial charge in [0.15, 0.2) is 0 Å². The molecular formula is C17H23NO3. The van der Waals surface area contributed by atoms with Crippen molar-refractivity contribution in [1.29, 1.82) is 0 Å². The molecule has 0 spiro atoms. The zero-order valence-corrected chi connectivity index (χ0v) is 12.9. The molecule has 0 aliphatic heterocycles. The van der Waals surface area contributed by atoms with Gasteiger partial charge in [0.25, 0.3) is 0 Å². The lowest BCUT2D eigenvalue weighted by Gasteiger charge is -2.32. The second-order valence-electron chi connectivity index (χ2n) is 6.16. The van der Waals surface area contributed by atoms with Gasteiger partial charge >= 0.3 is 5.97 Å². The van der Waals surface area contributed by atoms with Gasteiger partial charge in [-0.25, -0.2) is 9.78 Å². The Kier molecular flexibility index (Phi) is 4.99. The third kappa shape index (κ3) is 4.59. The SMILES string of the molecule is Cc1ccc(OC2CC(C)CC(C)C2)c(C=CC(=O)O)n1. The summed E-state index contributed by atoms with van der Waals surface area (Å²) in [7, 11) is 0. The van der Waals surface area contributed by atoms with Crippen molar-refractivity contribution in [3.8, 4) is 5.75 Å². The smallest absolute Gasteiger partial charge is 0.328 e. The summed E-state index contributed by atoms with van der Waals surface area (Å²) in [6, 6.07) is 3.77. The van der Waals surface area contributed by atoms with Crippen LogP contribution in [0.4, 0.5) is 0 Å². The normalized spacial score (nSPS) is 26.0. The molecule has 1 aromatic heterocycles. The predicted molar refractivity (Wildman–Crippen MR) is 82.2 cm³/mol. The molecule has 1 N–H and O–H groups in total. The van der Waals surface area contributed by atoms with E-state index in [0.717, 1.165) is 24.6 Å². The zero-order chi connectivity index (χ0) is 15.4. The van der Waals surface area contributed by atoms with E-state index < -0.39 is 5.97 Å². The average molecular weight is 289 g/mol. The topological polar surface area (TPSA) is 59.4 Å². The van der Waals surface area contributed by atoms with Gasteiger partial charge in [0.1, 0.15) is 11.4 Å². The van der Waals surface area contributed by atoms with Gasteiger partial charge in [-0.15, -0.1) is 0 Å². The van der Waals surface area contributed by atoms with E-state index in [1.54, 1.807) is 0 Å². The lowest BCUT2D eigenvalue weighted by atomic mass is 9.82. The first-order valence-corrected chi connectivity index (χ1v) is 7.49. The molecule has 1 aliphatic rings. The number of carboxylic acids is 1. The van der Waals surface area contributed by atoms with Crippen LogP contribution in [-0.4, -0.2) is 22.2 Å². The largest absolute Gasteiger partial charge is 0.488 e. The van der Waals surface area contributed by atoms with E-state index >= 15 is 0 Å². The standard InChI is InChI=1S/C17H23NO3/c1-11-8-12(2)10-14(9-11)21-16-6-4-13(3)18-15(16)5-7-17(19)20/h4-7,11-12,14H,8-10H2,1-3H3,(H,19,20). The van der Waals surface area contributed by atoms with Crippen molar-refractivity contribution in [2.45, 2.75) is 46.1 Å². The van der Waals surface area contributed by atoms with Crippen LogP contribution in [0.3, 0.4) is 0 Å². The highest BCUT2D eigenvalue weighted by molar-refractivity contribution is 5.85. The molecule has 0 radical (unpaired) electrons. The highest BCUT2D eigenvalue weighted by Crippen LogP contribution is 2.32. The van der Waals surface area contributed by atoms with Crippen molar-refractivity contribution in [2.24, 2.45) is 11.8 Å². The van der Waals surface area contributed by atoms with Gasteiger partial charge in [-0.3, -0.25) is 0 Å². The van der Waals surface area contributed by atoms with Crippen LogP contribution in [-0.2, 0) is 4.79 Å². The number of rotatable bonds is 4. The van der Waals surface area contributed by atoms with Gasteiger partial charge in [0.2, 0.25) is 0 Å². The summed E-state index contributed by atoms with van der Waals surface area (Å²) < 4.78 is 6.11. The molecule has 0 aromatic carbocycles. The molecule has 2 rings (SSSR count). The van der Waals surface area contributed by atoms with Crippen LogP contribution in [0.2, 0.25) is 0 Å². The molecular weight excluding hydrogens is 266 g/mol. The Morgan fingerprint density at radius 2 is 1.95 bits per heavy atom. The van der Waals surface area contributed by atoms with Crippen LogP contribution >= 0.6 is 0 Å². The zero-order valence-electron chi connectivity index (χ0n) is 12.9. The molecule has 0 bridgehead atoms. The third-order valence-electron chi connectivity index (χ3n) is 3.84. The van der Waals surface area contributed by atoms with Crippen LogP contribution in [0.5, 0.6) is 5.75 Å². The quantitative estimate of drug-likeness (QED) is 0.859. The fraction of sp³-hybridized carbons (Fsp3) is 0.529. The second kappa shape index (κ2) is 6.74. The van der Waals surface area contributed by atoms with Crippen molar-refractivity contribution in [3.63, 3.8) is 0 Å². The maximum Gasteiger partial charge on any atom is 0.328 e. The molecule has 4 nitrogen and oxygen atoms in total. The van der Waals surface area contributed by atoms with Crippen LogP contribution in [0.15, 0.2) is 18.2 Å². The minimum atomic E-state index is -0.982. The number of nitrogens with zero attached hydrogens (tertiary/aromatic N) is 1. The first-order chi connectivity index (χ1) is 9.94. The highest BCUT2D eigenvalue weighted by atomic mass is 16.5. The minimum absolute atomic E-state index is 0.185.